The lowest BCUT2D eigenvalue weighted by Crippen LogP contribution is -2.14. The fraction of sp³-hybridized carbons (Fsp3) is 0.0769. The van der Waals surface area contributed by atoms with Gasteiger partial charge in [-0.15, -0.1) is 0 Å². The van der Waals surface area contributed by atoms with Gasteiger partial charge in [-0.05, 0) is 46.9 Å². The molecule has 0 spiro atoms. The molecule has 1 N–H and O–H groups in total. The van der Waals surface area contributed by atoms with Gasteiger partial charge in [0.25, 0.3) is 15.7 Å². The third-order valence-electron chi connectivity index (χ3n) is 2.72. The molecule has 2 rings (SSSR count). The maximum atomic E-state index is 12.4. The van der Waals surface area contributed by atoms with Crippen LogP contribution in [0.3, 0.4) is 0 Å². The van der Waals surface area contributed by atoms with Crippen LogP contribution < -0.4 is 9.46 Å². The molecule has 116 valence electrons. The van der Waals surface area contributed by atoms with Crippen LogP contribution in [0, 0.1) is 13.7 Å². The van der Waals surface area contributed by atoms with Crippen molar-refractivity contribution < 1.29 is 18.1 Å². The minimum atomic E-state index is -3.92. The average Bonchev–Trinajstić information content (AvgIpc) is 2.46. The first-order chi connectivity index (χ1) is 10.3. The minimum Gasteiger partial charge on any atom is -0.495 e. The molecule has 0 bridgehead atoms. The number of hydrogen-bond donors (Lipinski definition) is 1. The summed E-state index contributed by atoms with van der Waals surface area (Å²) in [6, 6.07) is 10.1. The highest BCUT2D eigenvalue weighted by Crippen LogP contribution is 2.29. The molecule has 0 saturated carbocycles. The number of ether oxygens (including phenoxy) is 1. The molecular weight excluding hydrogens is 423 g/mol. The van der Waals surface area contributed by atoms with E-state index in [1.165, 1.54) is 7.11 Å². The van der Waals surface area contributed by atoms with Crippen molar-refractivity contribution in [3.63, 3.8) is 0 Å². The first-order valence-electron chi connectivity index (χ1n) is 5.94. The van der Waals surface area contributed by atoms with Gasteiger partial charge in [0, 0.05) is 15.3 Å². The number of methoxy groups -OCH3 is 1. The van der Waals surface area contributed by atoms with Gasteiger partial charge in [-0.25, -0.2) is 8.42 Å². The van der Waals surface area contributed by atoms with Gasteiger partial charge in [-0.1, -0.05) is 6.07 Å². The van der Waals surface area contributed by atoms with Crippen LogP contribution in [0.5, 0.6) is 5.75 Å². The van der Waals surface area contributed by atoms with Gasteiger partial charge in [0.05, 0.1) is 18.1 Å². The second kappa shape index (κ2) is 6.48. The molecule has 0 saturated heterocycles. The number of sulfonamides is 1. The summed E-state index contributed by atoms with van der Waals surface area (Å²) in [7, 11) is -2.66. The molecule has 0 fully saturated rings. The highest BCUT2D eigenvalue weighted by Gasteiger charge is 2.22. The summed E-state index contributed by atoms with van der Waals surface area (Å²) in [5.74, 6) is -0.0904. The average molecular weight is 434 g/mol. The van der Waals surface area contributed by atoms with Crippen molar-refractivity contribution in [3.8, 4) is 5.75 Å². The number of rotatable bonds is 5. The minimum absolute atomic E-state index is 0.0904. The number of benzene rings is 2. The van der Waals surface area contributed by atoms with Crippen LogP contribution >= 0.6 is 22.6 Å². The predicted octanol–water partition coefficient (Wildman–Crippen LogP) is 3.01. The van der Waals surface area contributed by atoms with Crippen LogP contribution in [0.2, 0.25) is 0 Å². The van der Waals surface area contributed by atoms with E-state index in [1.54, 1.807) is 18.2 Å². The second-order valence-corrected chi connectivity index (χ2v) is 7.10. The van der Waals surface area contributed by atoms with Gasteiger partial charge < -0.3 is 4.74 Å². The molecule has 0 aliphatic rings. The van der Waals surface area contributed by atoms with E-state index in [0.717, 1.165) is 21.8 Å². The first-order valence-corrected chi connectivity index (χ1v) is 8.50. The van der Waals surface area contributed by atoms with Crippen LogP contribution in [0.1, 0.15) is 0 Å². The molecule has 0 amide bonds. The van der Waals surface area contributed by atoms with Gasteiger partial charge >= 0.3 is 0 Å². The zero-order chi connectivity index (χ0) is 16.3. The van der Waals surface area contributed by atoms with E-state index in [-0.39, 0.29) is 16.3 Å². The van der Waals surface area contributed by atoms with Crippen molar-refractivity contribution in [2.75, 3.05) is 11.8 Å². The van der Waals surface area contributed by atoms with Crippen molar-refractivity contribution in [1.29, 1.82) is 0 Å². The van der Waals surface area contributed by atoms with Gasteiger partial charge in [-0.3, -0.25) is 14.8 Å². The fourth-order valence-corrected chi connectivity index (χ4v) is 3.50. The Morgan fingerprint density at radius 2 is 1.95 bits per heavy atom. The summed E-state index contributed by atoms with van der Waals surface area (Å²) >= 11 is 2.06. The molecule has 0 unspecified atom stereocenters. The highest BCUT2D eigenvalue weighted by molar-refractivity contribution is 14.1. The van der Waals surface area contributed by atoms with E-state index in [4.69, 9.17) is 4.74 Å². The van der Waals surface area contributed by atoms with Crippen LogP contribution in [0.25, 0.3) is 0 Å². The molecule has 2 aromatic rings. The maximum Gasteiger partial charge on any atom is 0.273 e. The smallest absolute Gasteiger partial charge is 0.273 e. The summed E-state index contributed by atoms with van der Waals surface area (Å²) in [4.78, 5) is 9.96. The molecule has 7 nitrogen and oxygen atoms in total. The van der Waals surface area contributed by atoms with Gasteiger partial charge in [0.15, 0.2) is 0 Å². The van der Waals surface area contributed by atoms with Gasteiger partial charge in [0.1, 0.15) is 10.6 Å². The number of nitrogens with zero attached hydrogens (tertiary/aromatic N) is 1. The molecule has 22 heavy (non-hydrogen) atoms. The van der Waals surface area contributed by atoms with Crippen LogP contribution in [-0.4, -0.2) is 20.5 Å². The number of nitro benzene ring substituents is 1. The molecule has 0 heterocycles. The third kappa shape index (κ3) is 3.65. The van der Waals surface area contributed by atoms with Crippen molar-refractivity contribution >= 4 is 44.0 Å². The number of non-ortho nitro benzene ring substituents is 1. The van der Waals surface area contributed by atoms with Crippen LogP contribution in [0.4, 0.5) is 11.4 Å². The molecule has 0 atom stereocenters. The topological polar surface area (TPSA) is 98.5 Å². The Kier molecular flexibility index (Phi) is 4.86. The third-order valence-corrected chi connectivity index (χ3v) is 4.82. The molecule has 0 radical (unpaired) electrons. The summed E-state index contributed by atoms with van der Waals surface area (Å²) in [6.07, 6.45) is 0. The summed E-state index contributed by atoms with van der Waals surface area (Å²) in [5, 5.41) is 10.7. The van der Waals surface area contributed by atoms with Crippen molar-refractivity contribution in [2.45, 2.75) is 4.90 Å². The van der Waals surface area contributed by atoms with Crippen LogP contribution in [0.15, 0.2) is 47.4 Å². The van der Waals surface area contributed by atoms with E-state index in [2.05, 4.69) is 27.3 Å². The standard InChI is InChI=1S/C13H11IN2O5S/c1-21-12-8-11(16(17)18)5-6-13(12)22(19,20)15-10-4-2-3-9(14)7-10/h2-8,15H,1H3. The Bertz CT molecular complexity index is 823. The summed E-state index contributed by atoms with van der Waals surface area (Å²) in [5.41, 5.74) is 0.150. The van der Waals surface area contributed by atoms with Crippen molar-refractivity contribution in [1.82, 2.24) is 0 Å². The van der Waals surface area contributed by atoms with Crippen molar-refractivity contribution in [3.05, 3.63) is 56.1 Å². The quantitative estimate of drug-likeness (QED) is 0.443. The molecule has 0 aliphatic carbocycles. The number of hydrogen-bond acceptors (Lipinski definition) is 5. The Hall–Kier alpha value is -1.88. The summed E-state index contributed by atoms with van der Waals surface area (Å²) in [6.45, 7) is 0. The molecule has 0 aliphatic heterocycles. The lowest BCUT2D eigenvalue weighted by Gasteiger charge is -2.11. The zero-order valence-corrected chi connectivity index (χ0v) is 14.3. The largest absolute Gasteiger partial charge is 0.495 e. The Balaban J connectivity index is 2.43. The monoisotopic (exact) mass is 434 g/mol. The lowest BCUT2D eigenvalue weighted by atomic mass is 10.3. The fourth-order valence-electron chi connectivity index (χ4n) is 1.75. The van der Waals surface area contributed by atoms with E-state index in [9.17, 15) is 18.5 Å². The summed E-state index contributed by atoms with van der Waals surface area (Å²) < 4.78 is 33.1. The molecule has 9 heteroatoms. The van der Waals surface area contributed by atoms with Crippen LogP contribution in [-0.2, 0) is 10.0 Å². The van der Waals surface area contributed by atoms with E-state index >= 15 is 0 Å². The maximum absolute atomic E-state index is 12.4. The number of nitrogens with one attached hydrogen (secondary N) is 1. The second-order valence-electron chi connectivity index (χ2n) is 4.21. The number of halogens is 1. The van der Waals surface area contributed by atoms with Gasteiger partial charge in [0.2, 0.25) is 0 Å². The highest BCUT2D eigenvalue weighted by atomic mass is 127. The number of nitro groups is 1. The lowest BCUT2D eigenvalue weighted by molar-refractivity contribution is -0.385. The SMILES string of the molecule is COc1cc([N+](=O)[O-])ccc1S(=O)(=O)Nc1cccc(I)c1. The Morgan fingerprint density at radius 3 is 2.55 bits per heavy atom. The molecule has 0 aromatic heterocycles. The first kappa shape index (κ1) is 16.5. The van der Waals surface area contributed by atoms with E-state index in [1.807, 2.05) is 6.07 Å². The van der Waals surface area contributed by atoms with E-state index in [0.29, 0.717) is 5.69 Å². The zero-order valence-electron chi connectivity index (χ0n) is 11.3. The van der Waals surface area contributed by atoms with Crippen molar-refractivity contribution in [2.24, 2.45) is 0 Å². The molecule has 2 aromatic carbocycles. The Labute approximate surface area is 140 Å². The Morgan fingerprint density at radius 1 is 1.23 bits per heavy atom. The van der Waals surface area contributed by atoms with Gasteiger partial charge in [-0.2, -0.15) is 0 Å². The van der Waals surface area contributed by atoms with E-state index < -0.39 is 14.9 Å². The normalized spacial score (nSPS) is 11.0. The number of anilines is 1. The predicted molar refractivity (Wildman–Crippen MR) is 89.6 cm³/mol. The molecular formula is C13H11IN2O5S.